The SMILES string of the molecule is CCOc1cc2c(cc1OCC)C(COCCc1c(C(F)(F)F)cccc1S(=O)(=O)O)OCC(C)(C)C2. The molecule has 11 heteroatoms. The highest BCUT2D eigenvalue weighted by atomic mass is 32.2. The molecule has 2 aromatic rings. The fourth-order valence-electron chi connectivity index (χ4n) is 4.42. The molecule has 1 aliphatic heterocycles. The van der Waals surface area contributed by atoms with Gasteiger partial charge in [0.1, 0.15) is 6.10 Å². The van der Waals surface area contributed by atoms with E-state index in [1.807, 2.05) is 26.0 Å². The van der Waals surface area contributed by atoms with Crippen LogP contribution in [-0.2, 0) is 38.6 Å². The molecule has 0 fully saturated rings. The second-order valence-electron chi connectivity index (χ2n) is 9.58. The Morgan fingerprint density at radius 2 is 1.76 bits per heavy atom. The number of hydrogen-bond donors (Lipinski definition) is 1. The predicted molar refractivity (Wildman–Crippen MR) is 131 cm³/mol. The van der Waals surface area contributed by atoms with Gasteiger partial charge in [0.2, 0.25) is 0 Å². The third kappa shape index (κ3) is 7.37. The van der Waals surface area contributed by atoms with E-state index < -0.39 is 38.4 Å². The van der Waals surface area contributed by atoms with Gasteiger partial charge in [-0.3, -0.25) is 4.55 Å². The predicted octanol–water partition coefficient (Wildman–Crippen LogP) is 5.65. The summed E-state index contributed by atoms with van der Waals surface area (Å²) in [7, 11) is -4.86. The van der Waals surface area contributed by atoms with E-state index in [4.69, 9.17) is 18.9 Å². The fraction of sp³-hybridized carbons (Fsp3) is 0.538. The van der Waals surface area contributed by atoms with Crippen molar-refractivity contribution in [3.8, 4) is 11.5 Å². The summed E-state index contributed by atoms with van der Waals surface area (Å²) in [5.74, 6) is 1.19. The summed E-state index contributed by atoms with van der Waals surface area (Å²) in [6.07, 6.45) is -4.98. The number of alkyl halides is 3. The molecule has 37 heavy (non-hydrogen) atoms. The van der Waals surface area contributed by atoms with Gasteiger partial charge >= 0.3 is 6.18 Å². The van der Waals surface area contributed by atoms with E-state index in [9.17, 15) is 26.1 Å². The van der Waals surface area contributed by atoms with Crippen LogP contribution < -0.4 is 9.47 Å². The minimum atomic E-state index is -4.86. The van der Waals surface area contributed by atoms with Crippen LogP contribution in [0.5, 0.6) is 11.5 Å². The summed E-state index contributed by atoms with van der Waals surface area (Å²) in [5, 5.41) is 0. The average molecular weight is 547 g/mol. The first-order valence-electron chi connectivity index (χ1n) is 12.0. The van der Waals surface area contributed by atoms with Crippen molar-refractivity contribution in [1.82, 2.24) is 0 Å². The Morgan fingerprint density at radius 3 is 2.35 bits per heavy atom. The fourth-order valence-corrected chi connectivity index (χ4v) is 5.20. The molecule has 0 saturated heterocycles. The van der Waals surface area contributed by atoms with Crippen LogP contribution in [0, 0.1) is 5.41 Å². The van der Waals surface area contributed by atoms with Gasteiger partial charge in [0.05, 0.1) is 43.5 Å². The molecule has 0 bridgehead atoms. The largest absolute Gasteiger partial charge is 0.490 e. The molecule has 1 heterocycles. The molecule has 7 nitrogen and oxygen atoms in total. The zero-order valence-electron chi connectivity index (χ0n) is 21.4. The van der Waals surface area contributed by atoms with Crippen LogP contribution in [-0.4, -0.2) is 46.0 Å². The summed E-state index contributed by atoms with van der Waals surface area (Å²) in [6, 6.07) is 6.46. The summed E-state index contributed by atoms with van der Waals surface area (Å²) in [5.41, 5.74) is -0.0172. The van der Waals surface area contributed by atoms with Crippen molar-refractivity contribution >= 4 is 10.1 Å². The second-order valence-corrected chi connectivity index (χ2v) is 11.0. The third-order valence-corrected chi connectivity index (χ3v) is 6.92. The molecule has 0 amide bonds. The molecule has 0 aliphatic carbocycles. The van der Waals surface area contributed by atoms with Crippen molar-refractivity contribution in [2.24, 2.45) is 5.41 Å². The normalized spacial score (nSPS) is 17.7. The van der Waals surface area contributed by atoms with Crippen LogP contribution in [0.1, 0.15) is 56.1 Å². The Kier molecular flexibility index (Phi) is 9.15. The molecule has 1 atom stereocenters. The number of fused-ring (bicyclic) bond motifs is 1. The number of hydrogen-bond acceptors (Lipinski definition) is 6. The lowest BCUT2D eigenvalue weighted by atomic mass is 9.85. The van der Waals surface area contributed by atoms with Crippen LogP contribution in [0.25, 0.3) is 0 Å². The van der Waals surface area contributed by atoms with Crippen molar-refractivity contribution in [1.29, 1.82) is 0 Å². The van der Waals surface area contributed by atoms with E-state index in [0.717, 1.165) is 29.3 Å². The molecule has 0 spiro atoms. The second kappa shape index (κ2) is 11.6. The third-order valence-electron chi connectivity index (χ3n) is 5.98. The maximum absolute atomic E-state index is 13.5. The first kappa shape index (κ1) is 29.2. The van der Waals surface area contributed by atoms with Crippen LogP contribution in [0.2, 0.25) is 0 Å². The van der Waals surface area contributed by atoms with Gasteiger partial charge in [0.25, 0.3) is 10.1 Å². The molecular formula is C26H33F3O7S. The van der Waals surface area contributed by atoms with Gasteiger partial charge in [-0.1, -0.05) is 19.9 Å². The highest BCUT2D eigenvalue weighted by molar-refractivity contribution is 7.85. The number of benzene rings is 2. The van der Waals surface area contributed by atoms with E-state index >= 15 is 0 Å². The van der Waals surface area contributed by atoms with Gasteiger partial charge in [-0.05, 0) is 73.1 Å². The molecule has 1 unspecified atom stereocenters. The zero-order valence-corrected chi connectivity index (χ0v) is 22.2. The highest BCUT2D eigenvalue weighted by Gasteiger charge is 2.36. The van der Waals surface area contributed by atoms with E-state index in [1.54, 1.807) is 0 Å². The first-order chi connectivity index (χ1) is 17.3. The summed E-state index contributed by atoms with van der Waals surface area (Å²) < 4.78 is 96.9. The number of rotatable bonds is 10. The Hall–Kier alpha value is -2.34. The highest BCUT2D eigenvalue weighted by Crippen LogP contribution is 2.41. The first-order valence-corrected chi connectivity index (χ1v) is 13.5. The smallest absolute Gasteiger partial charge is 0.416 e. The maximum Gasteiger partial charge on any atom is 0.416 e. The summed E-state index contributed by atoms with van der Waals surface area (Å²) >= 11 is 0. The van der Waals surface area contributed by atoms with E-state index in [0.29, 0.717) is 37.7 Å². The van der Waals surface area contributed by atoms with E-state index in [-0.39, 0.29) is 25.0 Å². The molecule has 0 saturated carbocycles. The molecule has 0 radical (unpaired) electrons. The monoisotopic (exact) mass is 546 g/mol. The molecular weight excluding hydrogens is 513 g/mol. The Balaban J connectivity index is 1.84. The lowest BCUT2D eigenvalue weighted by molar-refractivity contribution is -0.138. The van der Waals surface area contributed by atoms with Gasteiger partial charge in [0, 0.05) is 0 Å². The van der Waals surface area contributed by atoms with Crippen molar-refractivity contribution in [2.75, 3.05) is 33.0 Å². The molecule has 0 aromatic heterocycles. The van der Waals surface area contributed by atoms with Crippen molar-refractivity contribution < 1.29 is 45.1 Å². The molecule has 1 aliphatic rings. The summed E-state index contributed by atoms with van der Waals surface area (Å²) in [4.78, 5) is -0.784. The minimum absolute atomic E-state index is 0.0258. The zero-order chi connectivity index (χ0) is 27.4. The Labute approximate surface area is 215 Å². The van der Waals surface area contributed by atoms with Crippen molar-refractivity contribution in [2.45, 2.75) is 57.7 Å². The van der Waals surface area contributed by atoms with Crippen molar-refractivity contribution in [3.63, 3.8) is 0 Å². The van der Waals surface area contributed by atoms with Gasteiger partial charge in [-0.2, -0.15) is 21.6 Å². The van der Waals surface area contributed by atoms with Crippen molar-refractivity contribution in [3.05, 3.63) is 52.6 Å². The van der Waals surface area contributed by atoms with E-state index in [2.05, 4.69) is 13.8 Å². The number of halogens is 3. The molecule has 206 valence electrons. The van der Waals surface area contributed by atoms with Crippen LogP contribution in [0.4, 0.5) is 13.2 Å². The standard InChI is InChI=1S/C26H33F3O7S/c1-5-34-21-12-17-14-25(3,4)16-36-23(19(17)13-22(21)35-6-2)15-33-11-10-18-20(26(27,28)29)8-7-9-24(18)37(30,31)32/h7-9,12-13,23H,5-6,10-11,14-16H2,1-4H3,(H,30,31,32). The molecule has 2 aromatic carbocycles. The van der Waals surface area contributed by atoms with Crippen LogP contribution in [0.15, 0.2) is 35.2 Å². The van der Waals surface area contributed by atoms with Gasteiger partial charge < -0.3 is 18.9 Å². The lowest BCUT2D eigenvalue weighted by Gasteiger charge is -2.22. The minimum Gasteiger partial charge on any atom is -0.490 e. The number of ether oxygens (including phenoxy) is 4. The molecule has 1 N–H and O–H groups in total. The summed E-state index contributed by atoms with van der Waals surface area (Å²) in [6.45, 7) is 9.02. The Bertz CT molecular complexity index is 1190. The van der Waals surface area contributed by atoms with Gasteiger partial charge in [-0.25, -0.2) is 0 Å². The Morgan fingerprint density at radius 1 is 1.11 bits per heavy atom. The maximum atomic E-state index is 13.5. The topological polar surface area (TPSA) is 91.3 Å². The average Bonchev–Trinajstić information content (AvgIpc) is 2.91. The van der Waals surface area contributed by atoms with Crippen LogP contribution in [0.3, 0.4) is 0 Å². The van der Waals surface area contributed by atoms with Gasteiger partial charge in [-0.15, -0.1) is 0 Å². The van der Waals surface area contributed by atoms with E-state index in [1.165, 1.54) is 0 Å². The van der Waals surface area contributed by atoms with Crippen LogP contribution >= 0.6 is 0 Å². The van der Waals surface area contributed by atoms with Gasteiger partial charge in [0.15, 0.2) is 11.5 Å². The quantitative estimate of drug-likeness (QED) is 0.304. The molecule has 3 rings (SSSR count). The lowest BCUT2D eigenvalue weighted by Crippen LogP contribution is -2.21.